The fourth-order valence-corrected chi connectivity index (χ4v) is 4.96. The summed E-state index contributed by atoms with van der Waals surface area (Å²) in [6.45, 7) is 4.08. The van der Waals surface area contributed by atoms with E-state index in [1.807, 2.05) is 18.4 Å². The summed E-state index contributed by atoms with van der Waals surface area (Å²) in [5.41, 5.74) is 1.46. The summed E-state index contributed by atoms with van der Waals surface area (Å²) in [6.07, 6.45) is 0. The zero-order valence-corrected chi connectivity index (χ0v) is 15.1. The molecule has 2 aromatic rings. The van der Waals surface area contributed by atoms with Gasteiger partial charge in [0.2, 0.25) is 10.0 Å². The number of likely N-dealkylation sites (tertiary alicyclic amines) is 1. The van der Waals surface area contributed by atoms with Crippen LogP contribution in [0.5, 0.6) is 0 Å². The van der Waals surface area contributed by atoms with Gasteiger partial charge in [-0.3, -0.25) is 4.79 Å². The second-order valence-electron chi connectivity index (χ2n) is 5.91. The van der Waals surface area contributed by atoms with E-state index in [2.05, 4.69) is 9.71 Å². The van der Waals surface area contributed by atoms with Crippen LogP contribution in [0.4, 0.5) is 0 Å². The third kappa shape index (κ3) is 3.50. The molecule has 6 nitrogen and oxygen atoms in total. The second kappa shape index (κ2) is 6.62. The first-order valence-corrected chi connectivity index (χ1v) is 10.1. The third-order valence-corrected chi connectivity index (χ3v) is 6.95. The Hall–Kier alpha value is -1.77. The van der Waals surface area contributed by atoms with Gasteiger partial charge in [0, 0.05) is 29.7 Å². The number of carbonyl (C=O) groups excluding carboxylic acids is 1. The first-order chi connectivity index (χ1) is 11.4. The van der Waals surface area contributed by atoms with E-state index in [-0.39, 0.29) is 25.0 Å². The average molecular weight is 365 g/mol. The fraction of sp³-hybridized carbons (Fsp3) is 0.375. The number of amides is 1. The molecule has 8 heteroatoms. The van der Waals surface area contributed by atoms with E-state index >= 15 is 0 Å². The number of nitrogens with one attached hydrogen (secondary N) is 1. The molecule has 1 aromatic carbocycles. The lowest BCUT2D eigenvalue weighted by Crippen LogP contribution is -2.59. The van der Waals surface area contributed by atoms with Gasteiger partial charge >= 0.3 is 0 Å². The first-order valence-electron chi connectivity index (χ1n) is 7.64. The molecule has 0 spiro atoms. The van der Waals surface area contributed by atoms with Gasteiger partial charge in [0.15, 0.2) is 0 Å². The number of hydrogen-bond acceptors (Lipinski definition) is 5. The van der Waals surface area contributed by atoms with Crippen LogP contribution in [0.15, 0.2) is 35.7 Å². The number of sulfonamides is 1. The van der Waals surface area contributed by atoms with E-state index in [0.717, 1.165) is 10.7 Å². The van der Waals surface area contributed by atoms with Crippen molar-refractivity contribution in [1.29, 1.82) is 0 Å². The maximum atomic E-state index is 12.4. The maximum absolute atomic E-state index is 12.4. The Balaban J connectivity index is 1.59. The van der Waals surface area contributed by atoms with Crippen LogP contribution in [0.2, 0.25) is 0 Å². The predicted octanol–water partition coefficient (Wildman–Crippen LogP) is 1.96. The molecule has 0 saturated carbocycles. The van der Waals surface area contributed by atoms with Gasteiger partial charge in [0.1, 0.15) is 10.3 Å². The quantitative estimate of drug-likeness (QED) is 0.878. The lowest BCUT2D eigenvalue weighted by molar-refractivity contribution is 0.0658. The van der Waals surface area contributed by atoms with Crippen LogP contribution >= 0.6 is 11.3 Å². The van der Waals surface area contributed by atoms with E-state index in [4.69, 9.17) is 0 Å². The molecule has 128 valence electrons. The summed E-state index contributed by atoms with van der Waals surface area (Å²) < 4.78 is 27.5. The lowest BCUT2D eigenvalue weighted by Gasteiger charge is -2.39. The van der Waals surface area contributed by atoms with Gasteiger partial charge in [-0.25, -0.2) is 18.1 Å². The van der Waals surface area contributed by atoms with Crippen molar-refractivity contribution in [2.75, 3.05) is 13.1 Å². The minimum atomic E-state index is -3.49. The van der Waals surface area contributed by atoms with Crippen LogP contribution in [0.3, 0.4) is 0 Å². The smallest absolute Gasteiger partial charge is 0.253 e. The van der Waals surface area contributed by atoms with Crippen LogP contribution in [0.25, 0.3) is 0 Å². The van der Waals surface area contributed by atoms with Crippen molar-refractivity contribution in [3.63, 3.8) is 0 Å². The van der Waals surface area contributed by atoms with Crippen LogP contribution < -0.4 is 4.72 Å². The number of nitrogens with zero attached hydrogens (tertiary/aromatic N) is 2. The zero-order valence-electron chi connectivity index (χ0n) is 13.5. The molecule has 1 fully saturated rings. The standard InChI is InChI=1S/C16H19N3O3S2/c1-11-10-23-15(17-11)12(2)18-24(21,22)14-8-19(9-14)16(20)13-6-4-3-5-7-13/h3-7,10,12,14,18H,8-9H2,1-2H3/t12-/m1/s1. The highest BCUT2D eigenvalue weighted by Crippen LogP contribution is 2.23. The van der Waals surface area contributed by atoms with E-state index in [1.54, 1.807) is 36.1 Å². The first kappa shape index (κ1) is 17.1. The summed E-state index contributed by atoms with van der Waals surface area (Å²) in [5.74, 6) is -0.134. The van der Waals surface area contributed by atoms with Crippen molar-refractivity contribution in [3.8, 4) is 0 Å². The molecule has 1 N–H and O–H groups in total. The lowest BCUT2D eigenvalue weighted by atomic mass is 10.1. The molecule has 0 radical (unpaired) electrons. The van der Waals surface area contributed by atoms with Crippen molar-refractivity contribution in [2.24, 2.45) is 0 Å². The summed E-state index contributed by atoms with van der Waals surface area (Å²) in [5, 5.41) is 2.06. The Kier molecular flexibility index (Phi) is 4.71. The average Bonchev–Trinajstić information content (AvgIpc) is 2.92. The molecule has 1 aliphatic rings. The van der Waals surface area contributed by atoms with E-state index < -0.39 is 15.3 Å². The number of carbonyl (C=O) groups is 1. The van der Waals surface area contributed by atoms with Crippen molar-refractivity contribution >= 4 is 27.3 Å². The number of aryl methyl sites for hydroxylation is 1. The SMILES string of the molecule is Cc1csc([C@@H](C)NS(=O)(=O)C2CN(C(=O)c3ccccc3)C2)n1. The van der Waals surface area contributed by atoms with Gasteiger partial charge in [-0.2, -0.15) is 0 Å². The molecule has 1 amide bonds. The molecule has 1 aromatic heterocycles. The van der Waals surface area contributed by atoms with Crippen molar-refractivity contribution in [2.45, 2.75) is 25.1 Å². The minimum Gasteiger partial charge on any atom is -0.336 e. The largest absolute Gasteiger partial charge is 0.336 e. The number of benzene rings is 1. The Morgan fingerprint density at radius 3 is 2.58 bits per heavy atom. The Morgan fingerprint density at radius 2 is 2.00 bits per heavy atom. The van der Waals surface area contributed by atoms with Crippen molar-refractivity contribution in [1.82, 2.24) is 14.6 Å². The third-order valence-electron chi connectivity index (χ3n) is 3.94. The zero-order chi connectivity index (χ0) is 17.3. The predicted molar refractivity (Wildman–Crippen MR) is 93.5 cm³/mol. The fourth-order valence-electron chi connectivity index (χ4n) is 2.53. The monoisotopic (exact) mass is 365 g/mol. The Labute approximate surface area is 145 Å². The highest BCUT2D eigenvalue weighted by molar-refractivity contribution is 7.90. The molecule has 0 aliphatic carbocycles. The van der Waals surface area contributed by atoms with Crippen molar-refractivity contribution in [3.05, 3.63) is 52.0 Å². The minimum absolute atomic E-state index is 0.134. The van der Waals surface area contributed by atoms with Gasteiger partial charge in [0.05, 0.1) is 6.04 Å². The second-order valence-corrected chi connectivity index (χ2v) is 8.79. The topological polar surface area (TPSA) is 79.4 Å². The molecule has 2 heterocycles. The summed E-state index contributed by atoms with van der Waals surface area (Å²) >= 11 is 1.44. The summed E-state index contributed by atoms with van der Waals surface area (Å²) in [7, 11) is -3.49. The van der Waals surface area contributed by atoms with Crippen LogP contribution in [0, 0.1) is 6.92 Å². The molecule has 1 aliphatic heterocycles. The molecule has 1 atom stereocenters. The molecule has 3 rings (SSSR count). The number of thiazole rings is 1. The molecule has 0 unspecified atom stereocenters. The van der Waals surface area contributed by atoms with Crippen molar-refractivity contribution < 1.29 is 13.2 Å². The summed E-state index contributed by atoms with van der Waals surface area (Å²) in [6, 6.07) is 8.52. The van der Waals surface area contributed by atoms with Crippen LogP contribution in [-0.4, -0.2) is 42.5 Å². The van der Waals surface area contributed by atoms with Gasteiger partial charge in [-0.1, -0.05) is 18.2 Å². The summed E-state index contributed by atoms with van der Waals surface area (Å²) in [4.78, 5) is 18.1. The van der Waals surface area contributed by atoms with E-state index in [9.17, 15) is 13.2 Å². The molecule has 24 heavy (non-hydrogen) atoms. The van der Waals surface area contributed by atoms with Gasteiger partial charge < -0.3 is 4.90 Å². The normalized spacial score (nSPS) is 16.7. The highest BCUT2D eigenvalue weighted by Gasteiger charge is 2.40. The molecular formula is C16H19N3O3S2. The molecule has 1 saturated heterocycles. The van der Waals surface area contributed by atoms with Crippen LogP contribution in [0.1, 0.15) is 34.0 Å². The highest BCUT2D eigenvalue weighted by atomic mass is 32.2. The number of rotatable bonds is 5. The van der Waals surface area contributed by atoms with Gasteiger partial charge in [-0.15, -0.1) is 11.3 Å². The van der Waals surface area contributed by atoms with E-state index in [1.165, 1.54) is 11.3 Å². The molecular weight excluding hydrogens is 346 g/mol. The maximum Gasteiger partial charge on any atom is 0.253 e. The van der Waals surface area contributed by atoms with Crippen LogP contribution in [-0.2, 0) is 10.0 Å². The Morgan fingerprint density at radius 1 is 1.33 bits per heavy atom. The molecule has 0 bridgehead atoms. The number of aromatic nitrogens is 1. The van der Waals surface area contributed by atoms with Gasteiger partial charge in [0.25, 0.3) is 5.91 Å². The van der Waals surface area contributed by atoms with E-state index in [0.29, 0.717) is 5.56 Å². The number of hydrogen-bond donors (Lipinski definition) is 1. The van der Waals surface area contributed by atoms with Gasteiger partial charge in [-0.05, 0) is 26.0 Å². The Bertz CT molecular complexity index is 827.